The summed E-state index contributed by atoms with van der Waals surface area (Å²) in [4.78, 5) is 12.9. The van der Waals surface area contributed by atoms with Gasteiger partial charge in [0, 0.05) is 15.4 Å². The lowest BCUT2D eigenvalue weighted by Gasteiger charge is -2.13. The number of thiophene rings is 1. The summed E-state index contributed by atoms with van der Waals surface area (Å²) >= 11 is 7.45. The first-order chi connectivity index (χ1) is 13.9. The second-order valence-corrected chi connectivity index (χ2v) is 9.30. The number of benzene rings is 3. The van der Waals surface area contributed by atoms with Crippen LogP contribution in [0.4, 0.5) is 11.4 Å². The van der Waals surface area contributed by atoms with Crippen LogP contribution in [-0.2, 0) is 10.0 Å². The summed E-state index contributed by atoms with van der Waals surface area (Å²) in [6, 6.07) is 19.9. The highest BCUT2D eigenvalue weighted by Crippen LogP contribution is 2.26. The number of sulfonamides is 1. The minimum atomic E-state index is -3.87. The Balaban J connectivity index is 1.60. The van der Waals surface area contributed by atoms with E-state index in [1.54, 1.807) is 35.6 Å². The van der Waals surface area contributed by atoms with Crippen LogP contribution < -0.4 is 10.0 Å². The summed E-state index contributed by atoms with van der Waals surface area (Å²) < 4.78 is 29.0. The third kappa shape index (κ3) is 4.27. The van der Waals surface area contributed by atoms with E-state index in [-0.39, 0.29) is 16.1 Å². The Bertz CT molecular complexity index is 1300. The molecule has 0 aliphatic carbocycles. The van der Waals surface area contributed by atoms with Gasteiger partial charge in [-0.1, -0.05) is 23.7 Å². The molecule has 5 nitrogen and oxygen atoms in total. The van der Waals surface area contributed by atoms with Crippen molar-refractivity contribution >= 4 is 60.3 Å². The zero-order chi connectivity index (χ0) is 20.4. The van der Waals surface area contributed by atoms with Crippen LogP contribution in [0.25, 0.3) is 10.1 Å². The number of fused-ring (bicyclic) bond motifs is 1. The van der Waals surface area contributed by atoms with Crippen LogP contribution >= 0.6 is 22.9 Å². The molecule has 8 heteroatoms. The van der Waals surface area contributed by atoms with Gasteiger partial charge < -0.3 is 5.32 Å². The predicted molar refractivity (Wildman–Crippen MR) is 118 cm³/mol. The van der Waals surface area contributed by atoms with Gasteiger partial charge in [0.1, 0.15) is 0 Å². The van der Waals surface area contributed by atoms with E-state index in [0.29, 0.717) is 10.7 Å². The standard InChI is InChI=1S/C21H15ClN2O3S2/c22-15-5-8-17(9-6-15)29(26,27)24-19-4-2-1-3-18(19)21(25)23-16-7-10-20-14(13-16)11-12-28-20/h1-13,24H,(H,23,25). The van der Waals surface area contributed by atoms with Crippen molar-refractivity contribution in [2.24, 2.45) is 0 Å². The number of halogens is 1. The largest absolute Gasteiger partial charge is 0.322 e. The predicted octanol–water partition coefficient (Wildman–Crippen LogP) is 5.61. The van der Waals surface area contributed by atoms with E-state index in [2.05, 4.69) is 10.0 Å². The van der Waals surface area contributed by atoms with E-state index in [1.807, 2.05) is 29.6 Å². The number of hydrogen-bond donors (Lipinski definition) is 2. The van der Waals surface area contributed by atoms with E-state index in [4.69, 9.17) is 11.6 Å². The normalized spacial score (nSPS) is 11.3. The molecule has 1 amide bonds. The molecule has 2 N–H and O–H groups in total. The number of amides is 1. The maximum atomic E-state index is 12.8. The molecule has 4 aromatic rings. The van der Waals surface area contributed by atoms with Gasteiger partial charge in [-0.3, -0.25) is 9.52 Å². The summed E-state index contributed by atoms with van der Waals surface area (Å²) in [5.74, 6) is -0.408. The molecule has 29 heavy (non-hydrogen) atoms. The van der Waals surface area contributed by atoms with Gasteiger partial charge in [-0.15, -0.1) is 11.3 Å². The van der Waals surface area contributed by atoms with E-state index in [0.717, 1.165) is 10.1 Å². The van der Waals surface area contributed by atoms with Gasteiger partial charge in [-0.2, -0.15) is 0 Å². The first kappa shape index (κ1) is 19.4. The second kappa shape index (κ2) is 7.87. The second-order valence-electron chi connectivity index (χ2n) is 6.23. The van der Waals surface area contributed by atoms with Crippen molar-refractivity contribution in [3.8, 4) is 0 Å². The number of hydrogen-bond acceptors (Lipinski definition) is 4. The van der Waals surface area contributed by atoms with Crippen molar-refractivity contribution < 1.29 is 13.2 Å². The minimum absolute atomic E-state index is 0.0556. The third-order valence-electron chi connectivity index (χ3n) is 4.25. The Labute approximate surface area is 177 Å². The number of carbonyl (C=O) groups excluding carboxylic acids is 1. The topological polar surface area (TPSA) is 75.3 Å². The van der Waals surface area contributed by atoms with E-state index >= 15 is 0 Å². The van der Waals surface area contributed by atoms with Crippen LogP contribution in [-0.4, -0.2) is 14.3 Å². The first-order valence-electron chi connectivity index (χ1n) is 8.58. The lowest BCUT2D eigenvalue weighted by Crippen LogP contribution is -2.18. The van der Waals surface area contributed by atoms with Gasteiger partial charge >= 0.3 is 0 Å². The lowest BCUT2D eigenvalue weighted by molar-refractivity contribution is 0.102. The fourth-order valence-corrected chi connectivity index (χ4v) is 4.81. The molecule has 0 atom stereocenters. The molecule has 0 saturated carbocycles. The molecular formula is C21H15ClN2O3S2. The molecule has 0 saturated heterocycles. The molecule has 1 heterocycles. The average Bonchev–Trinajstić information content (AvgIpc) is 3.16. The van der Waals surface area contributed by atoms with Crippen LogP contribution in [0.15, 0.2) is 83.1 Å². The SMILES string of the molecule is O=C(Nc1ccc2sccc2c1)c1ccccc1NS(=O)(=O)c1ccc(Cl)cc1. The average molecular weight is 443 g/mol. The smallest absolute Gasteiger partial charge is 0.261 e. The maximum Gasteiger partial charge on any atom is 0.261 e. The zero-order valence-electron chi connectivity index (χ0n) is 14.9. The van der Waals surface area contributed by atoms with Crippen molar-refractivity contribution in [3.05, 3.63) is 88.8 Å². The van der Waals surface area contributed by atoms with Crippen molar-refractivity contribution in [1.82, 2.24) is 0 Å². The Morgan fingerprint density at radius 1 is 0.931 bits per heavy atom. The molecule has 0 spiro atoms. The number of anilines is 2. The molecule has 3 aromatic carbocycles. The number of rotatable bonds is 5. The monoisotopic (exact) mass is 442 g/mol. The molecule has 0 radical (unpaired) electrons. The van der Waals surface area contributed by atoms with E-state index < -0.39 is 15.9 Å². The highest BCUT2D eigenvalue weighted by molar-refractivity contribution is 7.92. The summed E-state index contributed by atoms with van der Waals surface area (Å²) in [5.41, 5.74) is 1.04. The molecule has 146 valence electrons. The molecule has 0 aliphatic heterocycles. The molecule has 0 fully saturated rings. The Morgan fingerprint density at radius 3 is 2.48 bits per heavy atom. The number of para-hydroxylation sites is 1. The van der Waals surface area contributed by atoms with Crippen molar-refractivity contribution in [2.45, 2.75) is 4.90 Å². The summed E-state index contributed by atoms with van der Waals surface area (Å²) in [7, 11) is -3.87. The summed E-state index contributed by atoms with van der Waals surface area (Å²) in [6.45, 7) is 0. The molecule has 0 unspecified atom stereocenters. The molecular weight excluding hydrogens is 428 g/mol. The highest BCUT2D eigenvalue weighted by Gasteiger charge is 2.18. The molecule has 4 rings (SSSR count). The Kier molecular flexibility index (Phi) is 5.27. The van der Waals surface area contributed by atoms with Gasteiger partial charge in [0.2, 0.25) is 0 Å². The van der Waals surface area contributed by atoms with Crippen molar-refractivity contribution in [3.63, 3.8) is 0 Å². The van der Waals surface area contributed by atoms with Gasteiger partial charge in [-0.05, 0) is 71.4 Å². The third-order valence-corrected chi connectivity index (χ3v) is 6.78. The van der Waals surface area contributed by atoms with E-state index in [9.17, 15) is 13.2 Å². The Morgan fingerprint density at radius 2 is 1.69 bits per heavy atom. The molecule has 0 bridgehead atoms. The quantitative estimate of drug-likeness (QED) is 0.422. The maximum absolute atomic E-state index is 12.8. The van der Waals surface area contributed by atoms with Crippen LogP contribution in [0.1, 0.15) is 10.4 Å². The van der Waals surface area contributed by atoms with Crippen LogP contribution in [0.5, 0.6) is 0 Å². The lowest BCUT2D eigenvalue weighted by atomic mass is 10.1. The van der Waals surface area contributed by atoms with Gasteiger partial charge in [0.15, 0.2) is 0 Å². The fourth-order valence-electron chi connectivity index (χ4n) is 2.83. The fraction of sp³-hybridized carbons (Fsp3) is 0. The number of nitrogens with one attached hydrogen (secondary N) is 2. The molecule has 1 aromatic heterocycles. The molecule has 0 aliphatic rings. The first-order valence-corrected chi connectivity index (χ1v) is 11.3. The van der Waals surface area contributed by atoms with Crippen LogP contribution in [0.3, 0.4) is 0 Å². The van der Waals surface area contributed by atoms with Crippen molar-refractivity contribution in [2.75, 3.05) is 10.0 Å². The van der Waals surface area contributed by atoms with Crippen LogP contribution in [0, 0.1) is 0 Å². The van der Waals surface area contributed by atoms with Gasteiger partial charge in [-0.25, -0.2) is 8.42 Å². The van der Waals surface area contributed by atoms with Crippen molar-refractivity contribution in [1.29, 1.82) is 0 Å². The van der Waals surface area contributed by atoms with E-state index in [1.165, 1.54) is 24.3 Å². The summed E-state index contributed by atoms with van der Waals surface area (Å²) in [5, 5.41) is 6.28. The van der Waals surface area contributed by atoms with Gasteiger partial charge in [0.25, 0.3) is 15.9 Å². The summed E-state index contributed by atoms with van der Waals surface area (Å²) in [6.07, 6.45) is 0. The highest BCUT2D eigenvalue weighted by atomic mass is 35.5. The number of carbonyl (C=O) groups is 1. The van der Waals surface area contributed by atoms with Crippen LogP contribution in [0.2, 0.25) is 5.02 Å². The van der Waals surface area contributed by atoms with Gasteiger partial charge in [0.05, 0.1) is 16.1 Å². The Hall–Kier alpha value is -2.87. The zero-order valence-corrected chi connectivity index (χ0v) is 17.3. The minimum Gasteiger partial charge on any atom is -0.322 e.